The molecule has 0 amide bonds. The summed E-state index contributed by atoms with van der Waals surface area (Å²) >= 11 is 5.55. The second-order valence-electron chi connectivity index (χ2n) is 3.31. The molecule has 0 aliphatic heterocycles. The molecule has 0 unspecified atom stereocenters. The fourth-order valence-electron chi connectivity index (χ4n) is 1.29. The molecule has 1 aromatic carbocycles. The van der Waals surface area contributed by atoms with Gasteiger partial charge in [-0.1, -0.05) is 11.6 Å². The molecule has 3 nitrogen and oxygen atoms in total. The van der Waals surface area contributed by atoms with Gasteiger partial charge in [-0.05, 0) is 18.6 Å². The Bertz CT molecular complexity index is 472. The molecule has 1 aromatic rings. The fourth-order valence-corrected chi connectivity index (χ4v) is 1.56. The minimum Gasteiger partial charge on any atom is -0.465 e. The molecule has 1 rings (SSSR count). The van der Waals surface area contributed by atoms with Crippen LogP contribution in [0.5, 0.6) is 0 Å². The van der Waals surface area contributed by atoms with Crippen molar-refractivity contribution in [2.24, 2.45) is 0 Å². The van der Waals surface area contributed by atoms with E-state index < -0.39 is 22.7 Å². The number of esters is 1. The molecule has 0 saturated heterocycles. The van der Waals surface area contributed by atoms with Gasteiger partial charge in [-0.3, -0.25) is 0 Å². The van der Waals surface area contributed by atoms with Gasteiger partial charge in [-0.2, -0.15) is 13.2 Å². The van der Waals surface area contributed by atoms with Crippen LogP contribution >= 0.6 is 11.6 Å². The highest BCUT2D eigenvalue weighted by molar-refractivity contribution is 6.32. The van der Waals surface area contributed by atoms with Gasteiger partial charge in [-0.25, -0.2) is 4.79 Å². The predicted octanol–water partition coefficient (Wildman–Crippen LogP) is 3.04. The largest absolute Gasteiger partial charge is 0.465 e. The van der Waals surface area contributed by atoms with E-state index in [1.165, 1.54) is 6.92 Å². The first-order chi connectivity index (χ1) is 7.70. The Balaban J connectivity index is 3.56. The fraction of sp³-hybridized carbons (Fsp3) is 0.300. The van der Waals surface area contributed by atoms with E-state index in [0.717, 1.165) is 7.11 Å². The van der Waals surface area contributed by atoms with E-state index in [4.69, 9.17) is 17.3 Å². The third kappa shape index (κ3) is 2.46. The van der Waals surface area contributed by atoms with Crippen molar-refractivity contribution in [1.29, 1.82) is 0 Å². The number of alkyl halides is 3. The Labute approximate surface area is 100 Å². The molecule has 94 valence electrons. The summed E-state index contributed by atoms with van der Waals surface area (Å²) in [5, 5.41) is -0.511. The number of benzene rings is 1. The number of carbonyl (C=O) groups is 1. The van der Waals surface area contributed by atoms with Crippen LogP contribution in [0.15, 0.2) is 6.07 Å². The molecule has 0 spiro atoms. The van der Waals surface area contributed by atoms with Crippen molar-refractivity contribution in [3.8, 4) is 0 Å². The molecule has 0 heterocycles. The molecule has 17 heavy (non-hydrogen) atoms. The Hall–Kier alpha value is -1.43. The number of nitrogens with two attached hydrogens (primary N) is 1. The maximum Gasteiger partial charge on any atom is 0.417 e. The van der Waals surface area contributed by atoms with Gasteiger partial charge in [0.1, 0.15) is 0 Å². The van der Waals surface area contributed by atoms with Crippen LogP contribution in [-0.4, -0.2) is 13.1 Å². The number of halogens is 4. The summed E-state index contributed by atoms with van der Waals surface area (Å²) in [7, 11) is 1.05. The molecular weight excluding hydrogens is 259 g/mol. The average molecular weight is 268 g/mol. The lowest BCUT2D eigenvalue weighted by molar-refractivity contribution is -0.137. The van der Waals surface area contributed by atoms with Gasteiger partial charge in [0.15, 0.2) is 0 Å². The number of nitrogen functional groups attached to an aromatic ring is 1. The Morgan fingerprint density at radius 2 is 2.00 bits per heavy atom. The second kappa shape index (κ2) is 4.44. The van der Waals surface area contributed by atoms with Crippen molar-refractivity contribution < 1.29 is 22.7 Å². The summed E-state index contributed by atoms with van der Waals surface area (Å²) in [5.41, 5.74) is 3.95. The third-order valence-electron chi connectivity index (χ3n) is 2.26. The first-order valence-electron chi connectivity index (χ1n) is 4.44. The number of anilines is 1. The lowest BCUT2D eigenvalue weighted by atomic mass is 10.0. The van der Waals surface area contributed by atoms with Gasteiger partial charge in [-0.15, -0.1) is 0 Å². The molecule has 0 fully saturated rings. The van der Waals surface area contributed by atoms with Gasteiger partial charge in [0.2, 0.25) is 0 Å². The minimum atomic E-state index is -4.65. The van der Waals surface area contributed by atoms with E-state index in [0.29, 0.717) is 6.07 Å². The van der Waals surface area contributed by atoms with Crippen LogP contribution in [0.3, 0.4) is 0 Å². The van der Waals surface area contributed by atoms with Crippen molar-refractivity contribution in [3.63, 3.8) is 0 Å². The molecule has 0 radical (unpaired) electrons. The Morgan fingerprint density at radius 3 is 2.41 bits per heavy atom. The number of rotatable bonds is 1. The lowest BCUT2D eigenvalue weighted by Gasteiger charge is -2.15. The zero-order valence-corrected chi connectivity index (χ0v) is 9.74. The van der Waals surface area contributed by atoms with Crippen LogP contribution in [0.1, 0.15) is 21.5 Å². The van der Waals surface area contributed by atoms with Crippen LogP contribution < -0.4 is 5.73 Å². The van der Waals surface area contributed by atoms with Crippen LogP contribution in [0.4, 0.5) is 18.9 Å². The molecule has 0 atom stereocenters. The van der Waals surface area contributed by atoms with E-state index in [2.05, 4.69) is 4.74 Å². The highest BCUT2D eigenvalue weighted by Crippen LogP contribution is 2.39. The van der Waals surface area contributed by atoms with Crippen LogP contribution in [0.25, 0.3) is 0 Å². The van der Waals surface area contributed by atoms with E-state index in [9.17, 15) is 18.0 Å². The molecule has 7 heteroatoms. The summed E-state index contributed by atoms with van der Waals surface area (Å²) in [6.45, 7) is 1.30. The van der Waals surface area contributed by atoms with Crippen LogP contribution in [0.2, 0.25) is 5.02 Å². The number of hydrogen-bond donors (Lipinski definition) is 1. The quantitative estimate of drug-likeness (QED) is 0.628. The first-order valence-corrected chi connectivity index (χ1v) is 4.82. The molecule has 0 aliphatic rings. The minimum absolute atomic E-state index is 0.00175. The van der Waals surface area contributed by atoms with Gasteiger partial charge >= 0.3 is 12.1 Å². The number of carbonyl (C=O) groups excluding carboxylic acids is 1. The molecule has 0 bridgehead atoms. The molecule has 0 aliphatic carbocycles. The normalized spacial score (nSPS) is 11.4. The van der Waals surface area contributed by atoms with Gasteiger partial charge in [0, 0.05) is 0 Å². The van der Waals surface area contributed by atoms with Gasteiger partial charge in [0.25, 0.3) is 0 Å². The third-order valence-corrected chi connectivity index (χ3v) is 2.75. The summed E-state index contributed by atoms with van der Waals surface area (Å²) in [5.74, 6) is -0.937. The van der Waals surface area contributed by atoms with Crippen molar-refractivity contribution in [3.05, 3.63) is 27.8 Å². The van der Waals surface area contributed by atoms with Crippen molar-refractivity contribution in [2.75, 3.05) is 12.8 Å². The summed E-state index contributed by atoms with van der Waals surface area (Å²) in [4.78, 5) is 11.3. The number of hydrogen-bond acceptors (Lipinski definition) is 3. The maximum absolute atomic E-state index is 12.6. The second-order valence-corrected chi connectivity index (χ2v) is 3.69. The van der Waals surface area contributed by atoms with Crippen molar-refractivity contribution in [1.82, 2.24) is 0 Å². The highest BCUT2D eigenvalue weighted by Gasteiger charge is 2.35. The van der Waals surface area contributed by atoms with Crippen LogP contribution in [-0.2, 0) is 10.9 Å². The lowest BCUT2D eigenvalue weighted by Crippen LogP contribution is -2.13. The van der Waals surface area contributed by atoms with E-state index in [1.54, 1.807) is 0 Å². The number of methoxy groups -OCH3 is 1. The predicted molar refractivity (Wildman–Crippen MR) is 56.9 cm³/mol. The zero-order valence-electron chi connectivity index (χ0n) is 8.98. The average Bonchev–Trinajstić information content (AvgIpc) is 2.23. The Kier molecular flexibility index (Phi) is 3.56. The standard InChI is InChI=1S/C10H9ClF3NO2/c1-4-7(11)6(10(12,13)14)3-5(8(4)15)9(16)17-2/h3H,15H2,1-2H3. The first kappa shape index (κ1) is 13.6. The van der Waals surface area contributed by atoms with E-state index in [-0.39, 0.29) is 16.8 Å². The van der Waals surface area contributed by atoms with E-state index in [1.807, 2.05) is 0 Å². The van der Waals surface area contributed by atoms with Crippen molar-refractivity contribution in [2.45, 2.75) is 13.1 Å². The number of ether oxygens (including phenoxy) is 1. The smallest absolute Gasteiger partial charge is 0.417 e. The molecule has 0 aromatic heterocycles. The zero-order chi connectivity index (χ0) is 13.4. The Morgan fingerprint density at radius 1 is 1.47 bits per heavy atom. The SMILES string of the molecule is COC(=O)c1cc(C(F)(F)F)c(Cl)c(C)c1N. The monoisotopic (exact) mass is 267 g/mol. The van der Waals surface area contributed by atoms with Gasteiger partial charge < -0.3 is 10.5 Å². The topological polar surface area (TPSA) is 52.3 Å². The van der Waals surface area contributed by atoms with Crippen LogP contribution in [0, 0.1) is 6.92 Å². The molecular formula is C10H9ClF3NO2. The maximum atomic E-state index is 12.6. The summed E-state index contributed by atoms with van der Waals surface area (Å²) in [6, 6.07) is 0.594. The van der Waals surface area contributed by atoms with Gasteiger partial charge in [0.05, 0.1) is 28.9 Å². The van der Waals surface area contributed by atoms with E-state index >= 15 is 0 Å². The van der Waals surface area contributed by atoms with Crippen molar-refractivity contribution >= 4 is 23.3 Å². The summed E-state index contributed by atoms with van der Waals surface area (Å²) in [6.07, 6.45) is -4.65. The summed E-state index contributed by atoms with van der Waals surface area (Å²) < 4.78 is 42.2. The molecule has 0 saturated carbocycles. The highest BCUT2D eigenvalue weighted by atomic mass is 35.5. The molecule has 2 N–H and O–H groups in total.